The third kappa shape index (κ3) is 3.15. The molecule has 0 unspecified atom stereocenters. The molecule has 0 atom stereocenters. The number of urea groups is 1. The van der Waals surface area contributed by atoms with Crippen LogP contribution in [0.15, 0.2) is 24.5 Å². The number of nitrogens with one attached hydrogen (secondary N) is 3. The molecular formula is C21H30N6O2S. The average Bonchev–Trinajstić information content (AvgIpc) is 3.12. The van der Waals surface area contributed by atoms with Gasteiger partial charge >= 0.3 is 6.03 Å². The number of fused-ring (bicyclic) bond motifs is 1. The summed E-state index contributed by atoms with van der Waals surface area (Å²) < 4.78 is -0.287. The number of pyridine rings is 1. The number of hydrogen-bond acceptors (Lipinski definition) is 4. The van der Waals surface area contributed by atoms with E-state index in [1.165, 1.54) is 0 Å². The van der Waals surface area contributed by atoms with Gasteiger partial charge in [-0.15, -0.1) is 0 Å². The topological polar surface area (TPSA) is 103 Å². The zero-order valence-corrected chi connectivity index (χ0v) is 19.0. The molecule has 0 aromatic carbocycles. The van der Waals surface area contributed by atoms with Crippen molar-refractivity contribution in [2.24, 2.45) is 0 Å². The SMILES string of the molecule is CC1(C)c2[nH]nc(NC(=O)C3(S(C)(C)C)CCC3)c2CN1C(=O)Nc1cccnc1. The lowest BCUT2D eigenvalue weighted by atomic mass is 9.83. The molecule has 2 aromatic rings. The normalized spacial score (nSPS) is 19.6. The maximum absolute atomic E-state index is 13.2. The van der Waals surface area contributed by atoms with Crippen molar-refractivity contribution in [2.45, 2.75) is 49.9 Å². The van der Waals surface area contributed by atoms with E-state index in [4.69, 9.17) is 0 Å². The highest BCUT2D eigenvalue weighted by Crippen LogP contribution is 2.60. The van der Waals surface area contributed by atoms with Crippen LogP contribution in [0.3, 0.4) is 0 Å². The molecule has 3 N–H and O–H groups in total. The zero-order valence-electron chi connectivity index (χ0n) is 18.2. The summed E-state index contributed by atoms with van der Waals surface area (Å²) in [6, 6.07) is 3.36. The summed E-state index contributed by atoms with van der Waals surface area (Å²) in [7, 11) is -1.06. The van der Waals surface area contributed by atoms with Crippen molar-refractivity contribution in [2.75, 3.05) is 29.4 Å². The minimum absolute atomic E-state index is 0.0571. The molecule has 30 heavy (non-hydrogen) atoms. The van der Waals surface area contributed by atoms with Crippen molar-refractivity contribution >= 4 is 33.5 Å². The molecule has 1 saturated carbocycles. The van der Waals surface area contributed by atoms with Crippen LogP contribution in [0, 0.1) is 0 Å². The molecule has 3 amide bonds. The summed E-state index contributed by atoms with van der Waals surface area (Å²) in [5, 5.41) is 13.4. The Morgan fingerprint density at radius 3 is 2.50 bits per heavy atom. The number of hydrogen-bond donors (Lipinski definition) is 3. The third-order valence-electron chi connectivity index (χ3n) is 6.61. The Morgan fingerprint density at radius 2 is 1.93 bits per heavy atom. The highest BCUT2D eigenvalue weighted by molar-refractivity contribution is 8.33. The first-order valence-corrected chi connectivity index (χ1v) is 13.0. The Labute approximate surface area is 178 Å². The first kappa shape index (κ1) is 20.7. The second kappa shape index (κ2) is 7.01. The van der Waals surface area contributed by atoms with Crippen LogP contribution in [0.25, 0.3) is 0 Å². The lowest BCUT2D eigenvalue weighted by Crippen LogP contribution is -2.51. The largest absolute Gasteiger partial charge is 0.322 e. The fourth-order valence-electron chi connectivity index (χ4n) is 4.41. The van der Waals surface area contributed by atoms with Crippen LogP contribution in [-0.2, 0) is 16.9 Å². The summed E-state index contributed by atoms with van der Waals surface area (Å²) in [5.74, 6) is 0.594. The highest BCUT2D eigenvalue weighted by atomic mass is 32.3. The van der Waals surface area contributed by atoms with Crippen molar-refractivity contribution in [3.05, 3.63) is 35.8 Å². The van der Waals surface area contributed by atoms with E-state index in [0.717, 1.165) is 30.5 Å². The van der Waals surface area contributed by atoms with Gasteiger partial charge in [-0.05, 0) is 64.0 Å². The third-order valence-corrected chi connectivity index (χ3v) is 9.55. The van der Waals surface area contributed by atoms with Gasteiger partial charge in [-0.25, -0.2) is 14.8 Å². The molecular weight excluding hydrogens is 400 g/mol. The number of nitrogens with zero attached hydrogens (tertiary/aromatic N) is 3. The van der Waals surface area contributed by atoms with Crippen molar-refractivity contribution in [1.82, 2.24) is 20.1 Å². The first-order valence-electron chi connectivity index (χ1n) is 10.1. The van der Waals surface area contributed by atoms with E-state index >= 15 is 0 Å². The number of amides is 3. The quantitative estimate of drug-likeness (QED) is 0.689. The number of anilines is 2. The van der Waals surface area contributed by atoms with E-state index in [0.29, 0.717) is 18.1 Å². The minimum atomic E-state index is -1.06. The second-order valence-electron chi connectivity index (χ2n) is 9.38. The molecule has 0 radical (unpaired) electrons. The van der Waals surface area contributed by atoms with E-state index in [2.05, 4.69) is 44.6 Å². The Morgan fingerprint density at radius 1 is 1.20 bits per heavy atom. The standard InChI is InChI=1S/C21H30N6O2S/c1-20(2)16-15(13-27(20)19(29)23-14-8-6-11-22-12-14)17(26-25-16)24-18(28)21(9-7-10-21)30(3,4)5/h6,8,11-12H,7,9-10,13H2,1-5H3,(H,23,29)(H2,24,25,26,28). The number of H-pyrrole nitrogens is 1. The van der Waals surface area contributed by atoms with E-state index in [1.807, 2.05) is 13.8 Å². The number of rotatable bonds is 4. The zero-order chi connectivity index (χ0) is 21.7. The maximum atomic E-state index is 13.2. The van der Waals surface area contributed by atoms with Crippen LogP contribution in [-0.4, -0.2) is 55.5 Å². The highest BCUT2D eigenvalue weighted by Gasteiger charge is 2.51. The monoisotopic (exact) mass is 430 g/mol. The molecule has 1 aliphatic heterocycles. The Balaban J connectivity index is 1.54. The summed E-state index contributed by atoms with van der Waals surface area (Å²) >= 11 is 0. The predicted octanol–water partition coefficient (Wildman–Crippen LogP) is 3.64. The average molecular weight is 431 g/mol. The van der Waals surface area contributed by atoms with Crippen LogP contribution < -0.4 is 10.6 Å². The van der Waals surface area contributed by atoms with Crippen molar-refractivity contribution < 1.29 is 9.59 Å². The molecule has 3 heterocycles. The number of aromatic amines is 1. The summed E-state index contributed by atoms with van der Waals surface area (Å²) in [5.41, 5.74) is 1.78. The van der Waals surface area contributed by atoms with Crippen LogP contribution in [0.1, 0.15) is 44.4 Å². The molecule has 2 aliphatic rings. The molecule has 2 aromatic heterocycles. The lowest BCUT2D eigenvalue weighted by molar-refractivity contribution is -0.120. The maximum Gasteiger partial charge on any atom is 0.322 e. The van der Waals surface area contributed by atoms with Gasteiger partial charge in [-0.1, -0.05) is 0 Å². The van der Waals surface area contributed by atoms with Crippen molar-refractivity contribution in [3.63, 3.8) is 0 Å². The molecule has 0 bridgehead atoms. The summed E-state index contributed by atoms with van der Waals surface area (Å²) in [6.45, 7) is 4.31. The number of carbonyl (C=O) groups excluding carboxylic acids is 2. The van der Waals surface area contributed by atoms with Crippen molar-refractivity contribution in [1.29, 1.82) is 0 Å². The molecule has 1 fully saturated rings. The van der Waals surface area contributed by atoms with Gasteiger partial charge in [0.15, 0.2) is 5.82 Å². The molecule has 162 valence electrons. The van der Waals surface area contributed by atoms with E-state index < -0.39 is 15.6 Å². The minimum Gasteiger partial charge on any atom is -0.309 e. The summed E-state index contributed by atoms with van der Waals surface area (Å²) in [6.07, 6.45) is 12.8. The van der Waals surface area contributed by atoms with Crippen LogP contribution in [0.4, 0.5) is 16.3 Å². The fourth-order valence-corrected chi connectivity index (χ4v) is 6.53. The Bertz CT molecular complexity index is 975. The van der Waals surface area contributed by atoms with Gasteiger partial charge in [0.25, 0.3) is 0 Å². The van der Waals surface area contributed by atoms with Gasteiger partial charge in [-0.2, -0.15) is 5.10 Å². The number of aromatic nitrogens is 3. The van der Waals surface area contributed by atoms with Crippen LogP contribution in [0.2, 0.25) is 0 Å². The molecule has 0 saturated heterocycles. The molecule has 1 aliphatic carbocycles. The van der Waals surface area contributed by atoms with Gasteiger partial charge in [0.1, 0.15) is 0 Å². The lowest BCUT2D eigenvalue weighted by Gasteiger charge is -2.53. The predicted molar refractivity (Wildman–Crippen MR) is 121 cm³/mol. The molecule has 0 spiro atoms. The van der Waals surface area contributed by atoms with Gasteiger partial charge in [0.05, 0.1) is 34.4 Å². The van der Waals surface area contributed by atoms with Gasteiger partial charge in [0, 0.05) is 11.8 Å². The van der Waals surface area contributed by atoms with E-state index in [9.17, 15) is 9.59 Å². The Hall–Kier alpha value is -2.55. The van der Waals surface area contributed by atoms with Gasteiger partial charge < -0.3 is 15.5 Å². The molecule has 9 heteroatoms. The van der Waals surface area contributed by atoms with Gasteiger partial charge in [0.2, 0.25) is 5.91 Å². The van der Waals surface area contributed by atoms with Crippen molar-refractivity contribution in [3.8, 4) is 0 Å². The van der Waals surface area contributed by atoms with Crippen LogP contribution in [0.5, 0.6) is 0 Å². The van der Waals surface area contributed by atoms with Gasteiger partial charge in [-0.3, -0.25) is 14.9 Å². The fraction of sp³-hybridized carbons (Fsp3) is 0.524. The Kier molecular flexibility index (Phi) is 4.84. The second-order valence-corrected chi connectivity index (χ2v) is 13.8. The van der Waals surface area contributed by atoms with E-state index in [-0.39, 0.29) is 16.7 Å². The number of carbonyl (C=O) groups is 2. The van der Waals surface area contributed by atoms with E-state index in [1.54, 1.807) is 29.4 Å². The van der Waals surface area contributed by atoms with Crippen LogP contribution >= 0.6 is 10.0 Å². The smallest absolute Gasteiger partial charge is 0.309 e. The first-order chi connectivity index (χ1) is 14.1. The molecule has 8 nitrogen and oxygen atoms in total. The summed E-state index contributed by atoms with van der Waals surface area (Å²) in [4.78, 5) is 32.0. The molecule has 4 rings (SSSR count).